The fraction of sp³-hybridized carbons (Fsp3) is 0.462. The number of hydrogen-bond acceptors (Lipinski definition) is 7. The van der Waals surface area contributed by atoms with Crippen molar-refractivity contribution in [1.82, 2.24) is 30.1 Å². The van der Waals surface area contributed by atoms with E-state index in [0.29, 0.717) is 24.4 Å². The van der Waals surface area contributed by atoms with Gasteiger partial charge in [0, 0.05) is 29.6 Å². The van der Waals surface area contributed by atoms with Crippen LogP contribution in [0.4, 0.5) is 0 Å². The molecule has 1 unspecified atom stereocenters. The smallest absolute Gasteiger partial charge is 0.252 e. The normalized spacial score (nSPS) is 13.1. The Kier molecular flexibility index (Phi) is 7.37. The van der Waals surface area contributed by atoms with Gasteiger partial charge in [-0.3, -0.25) is 9.69 Å². The molecule has 0 aliphatic heterocycles. The molecule has 0 fully saturated rings. The highest BCUT2D eigenvalue weighted by atomic mass is 32.1. The number of ether oxygens (including phenoxy) is 1. The van der Waals surface area contributed by atoms with Crippen LogP contribution in [0.15, 0.2) is 46.6 Å². The topological polar surface area (TPSA) is 88.9 Å². The lowest BCUT2D eigenvalue weighted by Crippen LogP contribution is -2.38. The Bertz CT molecular complexity index is 1330. The zero-order valence-electron chi connectivity index (χ0n) is 21.3. The van der Waals surface area contributed by atoms with Crippen molar-refractivity contribution in [2.24, 2.45) is 5.92 Å². The van der Waals surface area contributed by atoms with E-state index in [2.05, 4.69) is 77.5 Å². The molecule has 1 N–H and O–H groups in total. The molecule has 1 aromatic carbocycles. The van der Waals surface area contributed by atoms with Crippen LogP contribution in [0.3, 0.4) is 0 Å². The fourth-order valence-electron chi connectivity index (χ4n) is 4.39. The molecule has 186 valence electrons. The standard InChI is InChI=1S/C26H34N6O2S/c1-7-26(4,5)32-24(28-29-30-32)23(17(2)3)31(16-21-9-8-12-35-21)15-19-13-18-10-11-20(34-6)14-22(18)27-25(19)33/h8-14,17,23H,7,15-16H2,1-6H3,(H,27,33). The second-order valence-corrected chi connectivity index (χ2v) is 10.9. The molecule has 8 nitrogen and oxygen atoms in total. The van der Waals surface area contributed by atoms with Crippen molar-refractivity contribution < 1.29 is 4.74 Å². The summed E-state index contributed by atoms with van der Waals surface area (Å²) in [4.78, 5) is 19.7. The van der Waals surface area contributed by atoms with Crippen molar-refractivity contribution in [3.63, 3.8) is 0 Å². The minimum atomic E-state index is -0.222. The maximum atomic E-state index is 13.2. The SMILES string of the molecule is CCC(C)(C)n1nnnc1C(C(C)C)N(Cc1cccs1)Cc1cc2ccc(OC)cc2[nH]c1=O. The Hall–Kier alpha value is -3.04. The van der Waals surface area contributed by atoms with Crippen LogP contribution in [0.25, 0.3) is 10.9 Å². The van der Waals surface area contributed by atoms with E-state index < -0.39 is 0 Å². The number of hydrogen-bond donors (Lipinski definition) is 1. The average molecular weight is 495 g/mol. The molecule has 4 aromatic rings. The van der Waals surface area contributed by atoms with Crippen molar-refractivity contribution in [2.45, 2.75) is 65.7 Å². The number of rotatable bonds is 10. The molecule has 0 saturated heterocycles. The van der Waals surface area contributed by atoms with Crippen molar-refractivity contribution >= 4 is 22.2 Å². The molecule has 35 heavy (non-hydrogen) atoms. The third-order valence-corrected chi connectivity index (χ3v) is 7.53. The van der Waals surface area contributed by atoms with Crippen LogP contribution in [-0.4, -0.2) is 37.2 Å². The molecule has 3 aromatic heterocycles. The molecular weight excluding hydrogens is 460 g/mol. The van der Waals surface area contributed by atoms with Gasteiger partial charge in [-0.1, -0.05) is 26.8 Å². The second kappa shape index (κ2) is 10.3. The van der Waals surface area contributed by atoms with Gasteiger partial charge in [-0.05, 0) is 71.6 Å². The largest absolute Gasteiger partial charge is 0.497 e. The average Bonchev–Trinajstić information content (AvgIpc) is 3.52. The third-order valence-electron chi connectivity index (χ3n) is 6.66. The van der Waals surface area contributed by atoms with E-state index in [0.717, 1.165) is 23.1 Å². The molecule has 0 radical (unpaired) electrons. The number of aromatic amines is 1. The van der Waals surface area contributed by atoms with Gasteiger partial charge in [-0.2, -0.15) is 0 Å². The van der Waals surface area contributed by atoms with E-state index in [1.807, 2.05) is 28.9 Å². The molecule has 0 spiro atoms. The summed E-state index contributed by atoms with van der Waals surface area (Å²) in [6.07, 6.45) is 0.897. The van der Waals surface area contributed by atoms with E-state index in [1.165, 1.54) is 4.88 Å². The maximum absolute atomic E-state index is 13.2. The van der Waals surface area contributed by atoms with Crippen LogP contribution in [0.2, 0.25) is 0 Å². The van der Waals surface area contributed by atoms with Crippen LogP contribution >= 0.6 is 11.3 Å². The highest BCUT2D eigenvalue weighted by molar-refractivity contribution is 7.09. The summed E-state index contributed by atoms with van der Waals surface area (Å²) in [5.74, 6) is 1.76. The Labute approximate surface area is 209 Å². The minimum absolute atomic E-state index is 0.0797. The maximum Gasteiger partial charge on any atom is 0.252 e. The van der Waals surface area contributed by atoms with Crippen LogP contribution in [0.1, 0.15) is 63.3 Å². The van der Waals surface area contributed by atoms with E-state index in [1.54, 1.807) is 18.4 Å². The Balaban J connectivity index is 1.78. The monoisotopic (exact) mass is 494 g/mol. The van der Waals surface area contributed by atoms with E-state index in [4.69, 9.17) is 4.74 Å². The lowest BCUT2D eigenvalue weighted by molar-refractivity contribution is 0.119. The van der Waals surface area contributed by atoms with Gasteiger partial charge < -0.3 is 9.72 Å². The molecule has 9 heteroatoms. The molecule has 0 aliphatic carbocycles. The zero-order valence-corrected chi connectivity index (χ0v) is 22.1. The molecule has 0 saturated carbocycles. The summed E-state index contributed by atoms with van der Waals surface area (Å²) in [5.41, 5.74) is 1.15. The van der Waals surface area contributed by atoms with Crippen LogP contribution in [-0.2, 0) is 18.6 Å². The highest BCUT2D eigenvalue weighted by Crippen LogP contribution is 2.33. The molecule has 0 amide bonds. The first-order chi connectivity index (χ1) is 16.7. The summed E-state index contributed by atoms with van der Waals surface area (Å²) < 4.78 is 7.27. The van der Waals surface area contributed by atoms with Gasteiger partial charge in [0.25, 0.3) is 5.56 Å². The van der Waals surface area contributed by atoms with Gasteiger partial charge >= 0.3 is 0 Å². The Morgan fingerprint density at radius 2 is 2.00 bits per heavy atom. The quantitative estimate of drug-likeness (QED) is 0.329. The summed E-state index contributed by atoms with van der Waals surface area (Å²) in [7, 11) is 1.62. The van der Waals surface area contributed by atoms with Crippen LogP contribution in [0, 0.1) is 5.92 Å². The van der Waals surface area contributed by atoms with E-state index in [-0.39, 0.29) is 23.1 Å². The van der Waals surface area contributed by atoms with Crippen LogP contribution < -0.4 is 10.3 Å². The Morgan fingerprint density at radius 3 is 2.66 bits per heavy atom. The number of nitrogens with one attached hydrogen (secondary N) is 1. The summed E-state index contributed by atoms with van der Waals surface area (Å²) in [5, 5.41) is 16.0. The first-order valence-electron chi connectivity index (χ1n) is 12.0. The highest BCUT2D eigenvalue weighted by Gasteiger charge is 2.34. The minimum Gasteiger partial charge on any atom is -0.497 e. The molecule has 1 atom stereocenters. The van der Waals surface area contributed by atoms with Gasteiger partial charge in [0.15, 0.2) is 5.82 Å². The number of methoxy groups -OCH3 is 1. The zero-order chi connectivity index (χ0) is 25.2. The summed E-state index contributed by atoms with van der Waals surface area (Å²) >= 11 is 1.71. The van der Waals surface area contributed by atoms with Crippen molar-refractivity contribution in [2.75, 3.05) is 7.11 Å². The number of H-pyrrole nitrogens is 1. The van der Waals surface area contributed by atoms with Crippen LogP contribution in [0.5, 0.6) is 5.75 Å². The third kappa shape index (κ3) is 5.31. The number of aromatic nitrogens is 5. The van der Waals surface area contributed by atoms with Gasteiger partial charge in [-0.25, -0.2) is 4.68 Å². The van der Waals surface area contributed by atoms with Gasteiger partial charge in [-0.15, -0.1) is 16.4 Å². The Morgan fingerprint density at radius 1 is 1.20 bits per heavy atom. The van der Waals surface area contributed by atoms with Gasteiger partial charge in [0.05, 0.1) is 24.2 Å². The molecular formula is C26H34N6O2S. The first-order valence-corrected chi connectivity index (χ1v) is 12.9. The lowest BCUT2D eigenvalue weighted by atomic mass is 9.97. The van der Waals surface area contributed by atoms with Crippen molar-refractivity contribution in [3.05, 3.63) is 68.4 Å². The molecule has 3 heterocycles. The predicted molar refractivity (Wildman–Crippen MR) is 140 cm³/mol. The van der Waals surface area contributed by atoms with Crippen molar-refractivity contribution in [1.29, 1.82) is 0 Å². The number of benzene rings is 1. The molecule has 0 aliphatic rings. The fourth-order valence-corrected chi connectivity index (χ4v) is 5.12. The van der Waals surface area contributed by atoms with Gasteiger partial charge in [0.1, 0.15) is 5.75 Å². The van der Waals surface area contributed by atoms with Crippen molar-refractivity contribution in [3.8, 4) is 5.75 Å². The van der Waals surface area contributed by atoms with E-state index >= 15 is 0 Å². The number of thiophene rings is 1. The molecule has 4 rings (SSSR count). The number of nitrogens with zero attached hydrogens (tertiary/aromatic N) is 5. The number of pyridine rings is 1. The second-order valence-electron chi connectivity index (χ2n) is 9.86. The predicted octanol–water partition coefficient (Wildman–Crippen LogP) is 5.13. The first kappa shape index (κ1) is 25.1. The van der Waals surface area contributed by atoms with Gasteiger partial charge in [0.2, 0.25) is 0 Å². The summed E-state index contributed by atoms with van der Waals surface area (Å²) in [6.45, 7) is 12.0. The summed E-state index contributed by atoms with van der Waals surface area (Å²) in [6, 6.07) is 11.8. The molecule has 0 bridgehead atoms. The number of tetrazole rings is 1. The lowest BCUT2D eigenvalue weighted by Gasteiger charge is -2.35. The number of fused-ring (bicyclic) bond motifs is 1. The van der Waals surface area contributed by atoms with E-state index in [9.17, 15) is 4.79 Å².